The molecule has 0 aromatic heterocycles. The van der Waals surface area contributed by atoms with E-state index in [9.17, 15) is 4.79 Å². The molecule has 1 aliphatic rings. The number of amides is 2. The molecule has 0 aromatic carbocycles. The van der Waals surface area contributed by atoms with Crippen LogP contribution < -0.4 is 10.6 Å². The molecule has 1 atom stereocenters. The standard InChI is InChI=1S/C9H15N3O/c1-2-3-8(6-10)12-9(13)11-7-4-5-7/h7-8H,2-5H2,1H3,(H2,11,12,13). The predicted octanol–water partition coefficient (Wildman–Crippen LogP) is 1.14. The molecular weight excluding hydrogens is 166 g/mol. The van der Waals surface area contributed by atoms with Gasteiger partial charge in [0.1, 0.15) is 6.04 Å². The topological polar surface area (TPSA) is 64.9 Å². The highest BCUT2D eigenvalue weighted by Crippen LogP contribution is 2.18. The molecule has 2 N–H and O–H groups in total. The number of nitrogens with one attached hydrogen (secondary N) is 2. The van der Waals surface area contributed by atoms with Crippen LogP contribution in [0.15, 0.2) is 0 Å². The number of nitrogens with zero attached hydrogens (tertiary/aromatic N) is 1. The average molecular weight is 181 g/mol. The largest absolute Gasteiger partial charge is 0.335 e. The van der Waals surface area contributed by atoms with Crippen LogP contribution in [0.2, 0.25) is 0 Å². The summed E-state index contributed by atoms with van der Waals surface area (Å²) in [5, 5.41) is 14.1. The quantitative estimate of drug-likeness (QED) is 0.683. The maximum atomic E-state index is 11.2. The molecule has 1 aliphatic carbocycles. The van der Waals surface area contributed by atoms with Crippen molar-refractivity contribution < 1.29 is 4.79 Å². The third kappa shape index (κ3) is 3.79. The molecule has 1 rings (SSSR count). The Hall–Kier alpha value is -1.24. The van der Waals surface area contributed by atoms with Gasteiger partial charge in [-0.25, -0.2) is 4.79 Å². The fourth-order valence-electron chi connectivity index (χ4n) is 1.07. The first-order valence-corrected chi connectivity index (χ1v) is 4.73. The van der Waals surface area contributed by atoms with Crippen LogP contribution in [0.25, 0.3) is 0 Å². The van der Waals surface area contributed by atoms with Crippen molar-refractivity contribution in [1.82, 2.24) is 10.6 Å². The van der Waals surface area contributed by atoms with E-state index in [0.29, 0.717) is 12.5 Å². The van der Waals surface area contributed by atoms with Crippen molar-refractivity contribution in [1.29, 1.82) is 5.26 Å². The molecule has 0 heterocycles. The highest BCUT2D eigenvalue weighted by molar-refractivity contribution is 5.75. The Bertz CT molecular complexity index is 217. The lowest BCUT2D eigenvalue weighted by Gasteiger charge is -2.10. The summed E-state index contributed by atoms with van der Waals surface area (Å²) in [6.07, 6.45) is 3.76. The van der Waals surface area contributed by atoms with E-state index >= 15 is 0 Å². The maximum absolute atomic E-state index is 11.2. The number of rotatable bonds is 4. The van der Waals surface area contributed by atoms with Gasteiger partial charge in [0.25, 0.3) is 0 Å². The van der Waals surface area contributed by atoms with E-state index in [1.165, 1.54) is 0 Å². The molecule has 0 bridgehead atoms. The first-order valence-electron chi connectivity index (χ1n) is 4.73. The van der Waals surface area contributed by atoms with Gasteiger partial charge >= 0.3 is 6.03 Å². The van der Waals surface area contributed by atoms with Crippen molar-refractivity contribution in [2.75, 3.05) is 0 Å². The summed E-state index contributed by atoms with van der Waals surface area (Å²) in [6.45, 7) is 1.99. The number of carbonyl (C=O) groups excluding carboxylic acids is 1. The second-order valence-corrected chi connectivity index (χ2v) is 3.36. The minimum absolute atomic E-state index is 0.206. The summed E-state index contributed by atoms with van der Waals surface area (Å²) < 4.78 is 0. The zero-order valence-corrected chi connectivity index (χ0v) is 7.84. The number of hydrogen-bond donors (Lipinski definition) is 2. The van der Waals surface area contributed by atoms with Crippen LogP contribution >= 0.6 is 0 Å². The van der Waals surface area contributed by atoms with Crippen molar-refractivity contribution in [2.45, 2.75) is 44.7 Å². The van der Waals surface area contributed by atoms with Crippen LogP contribution in [0.4, 0.5) is 4.79 Å². The van der Waals surface area contributed by atoms with Gasteiger partial charge in [0, 0.05) is 6.04 Å². The van der Waals surface area contributed by atoms with Gasteiger partial charge in [-0.3, -0.25) is 0 Å². The molecule has 0 spiro atoms. The fourth-order valence-corrected chi connectivity index (χ4v) is 1.07. The molecular formula is C9H15N3O. The molecule has 4 nitrogen and oxygen atoms in total. The van der Waals surface area contributed by atoms with Crippen molar-refractivity contribution in [3.63, 3.8) is 0 Å². The van der Waals surface area contributed by atoms with Crippen molar-refractivity contribution in [2.24, 2.45) is 0 Å². The Morgan fingerprint density at radius 1 is 1.69 bits per heavy atom. The molecule has 72 valence electrons. The molecule has 1 fully saturated rings. The van der Waals surface area contributed by atoms with E-state index in [1.807, 2.05) is 6.92 Å². The van der Waals surface area contributed by atoms with E-state index in [-0.39, 0.29) is 12.1 Å². The van der Waals surface area contributed by atoms with E-state index < -0.39 is 0 Å². The summed E-state index contributed by atoms with van der Waals surface area (Å²) in [6, 6.07) is 1.85. The van der Waals surface area contributed by atoms with Crippen LogP contribution in [-0.4, -0.2) is 18.1 Å². The summed E-state index contributed by atoms with van der Waals surface area (Å²) in [5.41, 5.74) is 0. The predicted molar refractivity (Wildman–Crippen MR) is 49.0 cm³/mol. The second kappa shape index (κ2) is 4.70. The van der Waals surface area contributed by atoms with Crippen molar-refractivity contribution in [3.05, 3.63) is 0 Å². The zero-order chi connectivity index (χ0) is 9.68. The van der Waals surface area contributed by atoms with Crippen molar-refractivity contribution >= 4 is 6.03 Å². The molecule has 1 saturated carbocycles. The Labute approximate surface area is 78.3 Å². The highest BCUT2D eigenvalue weighted by atomic mass is 16.2. The van der Waals surface area contributed by atoms with Crippen LogP contribution in [0.1, 0.15) is 32.6 Å². The molecule has 2 amide bonds. The fraction of sp³-hybridized carbons (Fsp3) is 0.778. The van der Waals surface area contributed by atoms with Crippen LogP contribution in [0.5, 0.6) is 0 Å². The summed E-state index contributed by atoms with van der Waals surface area (Å²) in [5.74, 6) is 0. The van der Waals surface area contributed by atoms with Gasteiger partial charge in [0.05, 0.1) is 6.07 Å². The lowest BCUT2D eigenvalue weighted by atomic mass is 10.2. The van der Waals surface area contributed by atoms with Gasteiger partial charge < -0.3 is 10.6 Å². The Kier molecular flexibility index (Phi) is 3.56. The lowest BCUT2D eigenvalue weighted by Crippen LogP contribution is -2.42. The normalized spacial score (nSPS) is 17.2. The smallest absolute Gasteiger partial charge is 0.316 e. The minimum atomic E-state index is -0.344. The van der Waals surface area contributed by atoms with Gasteiger partial charge in [0.15, 0.2) is 0 Å². The highest BCUT2D eigenvalue weighted by Gasteiger charge is 2.23. The van der Waals surface area contributed by atoms with E-state index in [4.69, 9.17) is 5.26 Å². The maximum Gasteiger partial charge on any atom is 0.316 e. The SMILES string of the molecule is CCCC(C#N)NC(=O)NC1CC1. The van der Waals surface area contributed by atoms with Crippen LogP contribution in [-0.2, 0) is 0 Å². The van der Waals surface area contributed by atoms with E-state index in [1.54, 1.807) is 0 Å². The summed E-state index contributed by atoms with van der Waals surface area (Å²) in [4.78, 5) is 11.2. The van der Waals surface area contributed by atoms with Crippen molar-refractivity contribution in [3.8, 4) is 6.07 Å². The summed E-state index contributed by atoms with van der Waals surface area (Å²) >= 11 is 0. The molecule has 0 radical (unpaired) electrons. The Morgan fingerprint density at radius 2 is 2.38 bits per heavy atom. The van der Waals surface area contributed by atoms with Gasteiger partial charge in [-0.15, -0.1) is 0 Å². The van der Waals surface area contributed by atoms with Crippen LogP contribution in [0, 0.1) is 11.3 Å². The first-order chi connectivity index (χ1) is 6.26. The van der Waals surface area contributed by atoms with Gasteiger partial charge in [-0.05, 0) is 19.3 Å². The number of nitriles is 1. The van der Waals surface area contributed by atoms with Crippen LogP contribution in [0.3, 0.4) is 0 Å². The van der Waals surface area contributed by atoms with E-state index in [0.717, 1.165) is 19.3 Å². The molecule has 1 unspecified atom stereocenters. The number of carbonyl (C=O) groups is 1. The second-order valence-electron chi connectivity index (χ2n) is 3.36. The lowest BCUT2D eigenvalue weighted by molar-refractivity contribution is 0.238. The Balaban J connectivity index is 2.19. The number of urea groups is 1. The average Bonchev–Trinajstić information content (AvgIpc) is 2.87. The molecule has 0 saturated heterocycles. The first kappa shape index (κ1) is 9.85. The number of hydrogen-bond acceptors (Lipinski definition) is 2. The minimum Gasteiger partial charge on any atom is -0.335 e. The summed E-state index contributed by atoms with van der Waals surface area (Å²) in [7, 11) is 0. The Morgan fingerprint density at radius 3 is 2.85 bits per heavy atom. The zero-order valence-electron chi connectivity index (χ0n) is 7.84. The molecule has 13 heavy (non-hydrogen) atoms. The monoisotopic (exact) mass is 181 g/mol. The molecule has 0 aromatic rings. The third-order valence-electron chi connectivity index (χ3n) is 1.95. The molecule has 4 heteroatoms. The van der Waals surface area contributed by atoms with Gasteiger partial charge in [-0.2, -0.15) is 5.26 Å². The van der Waals surface area contributed by atoms with E-state index in [2.05, 4.69) is 16.7 Å². The van der Waals surface area contributed by atoms with Gasteiger partial charge in [-0.1, -0.05) is 13.3 Å². The van der Waals surface area contributed by atoms with Gasteiger partial charge in [0.2, 0.25) is 0 Å². The molecule has 0 aliphatic heterocycles. The third-order valence-corrected chi connectivity index (χ3v) is 1.95.